The van der Waals surface area contributed by atoms with Gasteiger partial charge in [0, 0.05) is 23.4 Å². The van der Waals surface area contributed by atoms with Crippen molar-refractivity contribution in [3.05, 3.63) is 58.3 Å². The van der Waals surface area contributed by atoms with E-state index < -0.39 is 0 Å². The van der Waals surface area contributed by atoms with E-state index in [0.717, 1.165) is 23.3 Å². The standard InChI is InChI=1S/C21H26N2O2S/c1-16(2)21(25)23(18-10-11-18)15-20(24)22(14-19-9-6-12-26-19)13-17-7-4-3-5-8-17/h3-9,12,16,18H,10-11,13-15H2,1-2H3. The Morgan fingerprint density at radius 3 is 2.38 bits per heavy atom. The highest BCUT2D eigenvalue weighted by molar-refractivity contribution is 7.09. The van der Waals surface area contributed by atoms with Crippen LogP contribution in [0.1, 0.15) is 37.1 Å². The van der Waals surface area contributed by atoms with E-state index in [9.17, 15) is 9.59 Å². The van der Waals surface area contributed by atoms with Crippen LogP contribution in [-0.4, -0.2) is 34.2 Å². The van der Waals surface area contributed by atoms with Gasteiger partial charge < -0.3 is 9.80 Å². The molecule has 2 amide bonds. The zero-order valence-electron chi connectivity index (χ0n) is 15.4. The molecule has 0 aliphatic heterocycles. The Morgan fingerprint density at radius 2 is 1.81 bits per heavy atom. The molecule has 1 aromatic heterocycles. The second-order valence-electron chi connectivity index (χ2n) is 7.17. The summed E-state index contributed by atoms with van der Waals surface area (Å²) in [4.78, 5) is 30.4. The maximum atomic E-state index is 13.1. The van der Waals surface area contributed by atoms with E-state index in [1.54, 1.807) is 16.2 Å². The Hall–Kier alpha value is -2.14. The van der Waals surface area contributed by atoms with Crippen molar-refractivity contribution in [3.8, 4) is 0 Å². The van der Waals surface area contributed by atoms with Crippen LogP contribution in [0.3, 0.4) is 0 Å². The summed E-state index contributed by atoms with van der Waals surface area (Å²) in [6.45, 7) is 5.12. The molecule has 3 rings (SSSR count). The Bertz CT molecular complexity index is 724. The summed E-state index contributed by atoms with van der Waals surface area (Å²) in [5, 5.41) is 2.03. The summed E-state index contributed by atoms with van der Waals surface area (Å²) in [6, 6.07) is 14.3. The van der Waals surface area contributed by atoms with E-state index in [2.05, 4.69) is 0 Å². The summed E-state index contributed by atoms with van der Waals surface area (Å²) in [5.41, 5.74) is 1.10. The predicted molar refractivity (Wildman–Crippen MR) is 105 cm³/mol. The van der Waals surface area contributed by atoms with E-state index in [0.29, 0.717) is 13.1 Å². The van der Waals surface area contributed by atoms with Crippen LogP contribution in [0, 0.1) is 5.92 Å². The number of carbonyl (C=O) groups excluding carboxylic acids is 2. The first-order valence-corrected chi connectivity index (χ1v) is 10.1. The fourth-order valence-corrected chi connectivity index (χ4v) is 3.70. The molecule has 0 atom stereocenters. The molecular weight excluding hydrogens is 344 g/mol. The molecule has 5 heteroatoms. The quantitative estimate of drug-likeness (QED) is 0.706. The number of carbonyl (C=O) groups is 2. The van der Waals surface area contributed by atoms with Crippen LogP contribution in [0.25, 0.3) is 0 Å². The van der Waals surface area contributed by atoms with Gasteiger partial charge in [0.2, 0.25) is 11.8 Å². The minimum Gasteiger partial charge on any atom is -0.332 e. The lowest BCUT2D eigenvalue weighted by Crippen LogP contribution is -2.44. The van der Waals surface area contributed by atoms with Crippen molar-refractivity contribution in [2.75, 3.05) is 6.54 Å². The lowest BCUT2D eigenvalue weighted by atomic mass is 10.1. The third-order valence-corrected chi connectivity index (χ3v) is 5.43. The molecular formula is C21H26N2O2S. The average Bonchev–Trinajstić information content (AvgIpc) is 3.35. The van der Waals surface area contributed by atoms with E-state index >= 15 is 0 Å². The molecule has 4 nitrogen and oxygen atoms in total. The van der Waals surface area contributed by atoms with Gasteiger partial charge in [-0.3, -0.25) is 9.59 Å². The first kappa shape index (κ1) is 18.6. The van der Waals surface area contributed by atoms with Crippen LogP contribution in [0.2, 0.25) is 0 Å². The van der Waals surface area contributed by atoms with Crippen LogP contribution >= 0.6 is 11.3 Å². The summed E-state index contributed by atoms with van der Waals surface area (Å²) in [7, 11) is 0. The van der Waals surface area contributed by atoms with Crippen LogP contribution in [0.4, 0.5) is 0 Å². The summed E-state index contributed by atoms with van der Waals surface area (Å²) in [5.74, 6) is 0.0167. The number of nitrogens with zero attached hydrogens (tertiary/aromatic N) is 2. The smallest absolute Gasteiger partial charge is 0.242 e. The van der Waals surface area contributed by atoms with Gasteiger partial charge in [-0.05, 0) is 29.9 Å². The second kappa shape index (κ2) is 8.49. The Labute approximate surface area is 159 Å². The monoisotopic (exact) mass is 370 g/mol. The summed E-state index contributed by atoms with van der Waals surface area (Å²) >= 11 is 1.65. The van der Waals surface area contributed by atoms with Crippen molar-refractivity contribution < 1.29 is 9.59 Å². The highest BCUT2D eigenvalue weighted by atomic mass is 32.1. The molecule has 0 bridgehead atoms. The molecule has 138 valence electrons. The number of benzene rings is 1. The van der Waals surface area contributed by atoms with Crippen LogP contribution < -0.4 is 0 Å². The van der Waals surface area contributed by atoms with E-state index in [1.165, 1.54) is 0 Å². The fraction of sp³-hybridized carbons (Fsp3) is 0.429. The van der Waals surface area contributed by atoms with Gasteiger partial charge in [0.1, 0.15) is 6.54 Å². The highest BCUT2D eigenvalue weighted by Gasteiger charge is 2.35. The SMILES string of the molecule is CC(C)C(=O)N(CC(=O)N(Cc1ccccc1)Cc1cccs1)C1CC1. The number of hydrogen-bond donors (Lipinski definition) is 0. The van der Waals surface area contributed by atoms with Crippen LogP contribution in [-0.2, 0) is 22.7 Å². The lowest BCUT2D eigenvalue weighted by molar-refractivity contribution is -0.143. The summed E-state index contributed by atoms with van der Waals surface area (Å²) in [6.07, 6.45) is 2.02. The van der Waals surface area contributed by atoms with Crippen molar-refractivity contribution in [2.45, 2.75) is 45.8 Å². The Morgan fingerprint density at radius 1 is 1.08 bits per heavy atom. The molecule has 0 spiro atoms. The number of hydrogen-bond acceptors (Lipinski definition) is 3. The molecule has 1 saturated carbocycles. The molecule has 1 aromatic carbocycles. The minimum atomic E-state index is -0.0803. The van der Waals surface area contributed by atoms with Crippen LogP contribution in [0.15, 0.2) is 47.8 Å². The first-order valence-electron chi connectivity index (χ1n) is 9.19. The molecule has 2 aromatic rings. The van der Waals surface area contributed by atoms with Gasteiger partial charge >= 0.3 is 0 Å². The molecule has 1 aliphatic carbocycles. The topological polar surface area (TPSA) is 40.6 Å². The van der Waals surface area contributed by atoms with Crippen molar-refractivity contribution in [3.63, 3.8) is 0 Å². The van der Waals surface area contributed by atoms with Gasteiger partial charge in [0.05, 0.1) is 6.54 Å². The average molecular weight is 371 g/mol. The van der Waals surface area contributed by atoms with Crippen molar-refractivity contribution in [2.24, 2.45) is 5.92 Å². The third-order valence-electron chi connectivity index (χ3n) is 4.57. The van der Waals surface area contributed by atoms with Gasteiger partial charge in [-0.25, -0.2) is 0 Å². The number of rotatable bonds is 8. The molecule has 0 unspecified atom stereocenters. The van der Waals surface area contributed by atoms with Crippen molar-refractivity contribution in [1.29, 1.82) is 0 Å². The molecule has 0 radical (unpaired) electrons. The Kier molecular flexibility index (Phi) is 6.09. The Balaban J connectivity index is 1.73. The van der Waals surface area contributed by atoms with E-state index in [-0.39, 0.29) is 30.3 Å². The molecule has 0 N–H and O–H groups in total. The fourth-order valence-electron chi connectivity index (χ4n) is 2.98. The minimum absolute atomic E-state index is 0.0168. The van der Waals surface area contributed by atoms with Gasteiger partial charge in [0.15, 0.2) is 0 Å². The van der Waals surface area contributed by atoms with Gasteiger partial charge in [-0.2, -0.15) is 0 Å². The van der Waals surface area contributed by atoms with E-state index in [4.69, 9.17) is 0 Å². The van der Waals surface area contributed by atoms with Crippen molar-refractivity contribution >= 4 is 23.2 Å². The number of amides is 2. The van der Waals surface area contributed by atoms with Gasteiger partial charge in [-0.1, -0.05) is 50.2 Å². The molecule has 26 heavy (non-hydrogen) atoms. The molecule has 1 fully saturated rings. The molecule has 0 saturated heterocycles. The van der Waals surface area contributed by atoms with Gasteiger partial charge in [0.25, 0.3) is 0 Å². The molecule has 1 aliphatic rings. The first-order chi connectivity index (χ1) is 12.5. The number of thiophene rings is 1. The van der Waals surface area contributed by atoms with E-state index in [1.807, 2.05) is 66.6 Å². The second-order valence-corrected chi connectivity index (χ2v) is 8.20. The van der Waals surface area contributed by atoms with Gasteiger partial charge in [-0.15, -0.1) is 11.3 Å². The maximum Gasteiger partial charge on any atom is 0.242 e. The predicted octanol–water partition coefficient (Wildman–Crippen LogP) is 3.92. The molecule has 1 heterocycles. The highest BCUT2D eigenvalue weighted by Crippen LogP contribution is 2.28. The maximum absolute atomic E-state index is 13.1. The zero-order valence-corrected chi connectivity index (χ0v) is 16.2. The lowest BCUT2D eigenvalue weighted by Gasteiger charge is -2.28. The van der Waals surface area contributed by atoms with Crippen LogP contribution in [0.5, 0.6) is 0 Å². The largest absolute Gasteiger partial charge is 0.332 e. The zero-order chi connectivity index (χ0) is 18.5. The summed E-state index contributed by atoms with van der Waals surface area (Å²) < 4.78 is 0. The normalized spacial score (nSPS) is 13.7. The van der Waals surface area contributed by atoms with Crippen molar-refractivity contribution in [1.82, 2.24) is 9.80 Å². The third kappa shape index (κ3) is 4.94.